The zero-order valence-corrected chi connectivity index (χ0v) is 14.3. The van der Waals surface area contributed by atoms with Gasteiger partial charge < -0.3 is 10.5 Å². The van der Waals surface area contributed by atoms with Crippen molar-refractivity contribution in [1.29, 1.82) is 0 Å². The molecule has 1 amide bonds. The second-order valence-electron chi connectivity index (χ2n) is 7.75. The number of hydrogen-bond acceptors (Lipinski definition) is 3. The summed E-state index contributed by atoms with van der Waals surface area (Å²) in [4.78, 5) is 12.5. The molecule has 0 aliphatic carbocycles. The molecular weight excluding hydrogens is 276 g/mol. The topological polar surface area (TPSA) is 52.6 Å². The largest absolute Gasteiger partial charge is 0.352 e. The first-order chi connectivity index (χ1) is 10.1. The van der Waals surface area contributed by atoms with E-state index in [4.69, 9.17) is 0 Å². The van der Waals surface area contributed by atoms with Crippen molar-refractivity contribution in [2.24, 2.45) is 5.92 Å². The Labute approximate surface area is 133 Å². The summed E-state index contributed by atoms with van der Waals surface area (Å²) in [5.41, 5.74) is 1.53. The van der Waals surface area contributed by atoms with Crippen LogP contribution in [0, 0.1) is 12.8 Å². The SMILES string of the molecule is Cc1ccc(CNC(=O)C2CC(C)(C)N(O)C(C)(C)C2)cc1. The summed E-state index contributed by atoms with van der Waals surface area (Å²) >= 11 is 0. The Morgan fingerprint density at radius 2 is 1.68 bits per heavy atom. The Kier molecular flexibility index (Phi) is 4.64. The van der Waals surface area contributed by atoms with Crippen molar-refractivity contribution >= 4 is 5.91 Å². The fourth-order valence-corrected chi connectivity index (χ4v) is 3.50. The smallest absolute Gasteiger partial charge is 0.223 e. The monoisotopic (exact) mass is 304 g/mol. The number of nitrogens with zero attached hydrogens (tertiary/aromatic N) is 1. The van der Waals surface area contributed by atoms with Crippen LogP contribution in [0.2, 0.25) is 0 Å². The van der Waals surface area contributed by atoms with E-state index in [1.165, 1.54) is 10.6 Å². The summed E-state index contributed by atoms with van der Waals surface area (Å²) in [5.74, 6) is 0.00803. The number of benzene rings is 1. The fourth-order valence-electron chi connectivity index (χ4n) is 3.50. The molecule has 0 spiro atoms. The van der Waals surface area contributed by atoms with Crippen molar-refractivity contribution in [3.05, 3.63) is 35.4 Å². The maximum absolute atomic E-state index is 12.5. The average molecular weight is 304 g/mol. The fraction of sp³-hybridized carbons (Fsp3) is 0.611. The molecule has 2 rings (SSSR count). The molecule has 1 saturated heterocycles. The van der Waals surface area contributed by atoms with E-state index in [9.17, 15) is 10.0 Å². The Hall–Kier alpha value is -1.39. The van der Waals surface area contributed by atoms with Crippen LogP contribution in [0.15, 0.2) is 24.3 Å². The van der Waals surface area contributed by atoms with E-state index < -0.39 is 11.1 Å². The van der Waals surface area contributed by atoms with Crippen molar-refractivity contribution in [3.63, 3.8) is 0 Å². The van der Waals surface area contributed by atoms with Crippen molar-refractivity contribution < 1.29 is 10.0 Å². The first-order valence-electron chi connectivity index (χ1n) is 7.94. The van der Waals surface area contributed by atoms with Crippen molar-refractivity contribution in [2.45, 2.75) is 65.1 Å². The van der Waals surface area contributed by atoms with Gasteiger partial charge in [-0.25, -0.2) is 0 Å². The molecule has 1 aromatic carbocycles. The predicted octanol–water partition coefficient (Wildman–Crippen LogP) is 3.27. The molecule has 0 aromatic heterocycles. The highest BCUT2D eigenvalue weighted by atomic mass is 16.5. The summed E-state index contributed by atoms with van der Waals surface area (Å²) in [6, 6.07) is 8.19. The van der Waals surface area contributed by atoms with Gasteiger partial charge in [-0.05, 0) is 53.0 Å². The number of aryl methyl sites for hydroxylation is 1. The summed E-state index contributed by atoms with van der Waals surface area (Å²) in [6.07, 6.45) is 1.32. The van der Waals surface area contributed by atoms with Crippen LogP contribution < -0.4 is 5.32 Å². The molecule has 4 nitrogen and oxygen atoms in total. The van der Waals surface area contributed by atoms with Crippen molar-refractivity contribution in [3.8, 4) is 0 Å². The van der Waals surface area contributed by atoms with Crippen LogP contribution in [0.1, 0.15) is 51.7 Å². The second-order valence-corrected chi connectivity index (χ2v) is 7.75. The maximum Gasteiger partial charge on any atom is 0.223 e. The van der Waals surface area contributed by atoms with Gasteiger partial charge >= 0.3 is 0 Å². The maximum atomic E-state index is 12.5. The number of nitrogens with one attached hydrogen (secondary N) is 1. The van der Waals surface area contributed by atoms with Crippen LogP contribution in [0.3, 0.4) is 0 Å². The predicted molar refractivity (Wildman–Crippen MR) is 87.5 cm³/mol. The Morgan fingerprint density at radius 3 is 2.18 bits per heavy atom. The zero-order chi connectivity index (χ0) is 16.5. The van der Waals surface area contributed by atoms with Crippen LogP contribution in [-0.2, 0) is 11.3 Å². The van der Waals surface area contributed by atoms with E-state index in [2.05, 4.69) is 24.4 Å². The quantitative estimate of drug-likeness (QED) is 0.901. The van der Waals surface area contributed by atoms with E-state index in [1.807, 2.05) is 39.8 Å². The molecule has 2 N–H and O–H groups in total. The van der Waals surface area contributed by atoms with Gasteiger partial charge in [-0.2, -0.15) is 5.06 Å². The molecule has 0 atom stereocenters. The summed E-state index contributed by atoms with van der Waals surface area (Å²) < 4.78 is 0. The second kappa shape index (κ2) is 6.01. The number of carbonyl (C=O) groups is 1. The first-order valence-corrected chi connectivity index (χ1v) is 7.94. The van der Waals surface area contributed by atoms with Crippen LogP contribution in [-0.4, -0.2) is 27.3 Å². The molecule has 22 heavy (non-hydrogen) atoms. The Balaban J connectivity index is 1.99. The lowest BCUT2D eigenvalue weighted by atomic mass is 9.75. The lowest BCUT2D eigenvalue weighted by Crippen LogP contribution is -2.60. The number of piperidine rings is 1. The number of carbonyl (C=O) groups excluding carboxylic acids is 1. The van der Waals surface area contributed by atoms with Gasteiger partial charge in [0.1, 0.15) is 0 Å². The molecule has 0 saturated carbocycles. The van der Waals surface area contributed by atoms with E-state index >= 15 is 0 Å². The minimum absolute atomic E-state index is 0.0705. The highest BCUT2D eigenvalue weighted by molar-refractivity contribution is 5.79. The van der Waals surface area contributed by atoms with Crippen LogP contribution in [0.4, 0.5) is 0 Å². The average Bonchev–Trinajstić information content (AvgIpc) is 2.43. The summed E-state index contributed by atoms with van der Waals surface area (Å²) in [7, 11) is 0. The van der Waals surface area contributed by atoms with E-state index in [-0.39, 0.29) is 11.8 Å². The molecular formula is C18H28N2O2. The van der Waals surface area contributed by atoms with Gasteiger partial charge in [0.2, 0.25) is 5.91 Å². The van der Waals surface area contributed by atoms with E-state index in [0.29, 0.717) is 19.4 Å². The number of amides is 1. The lowest BCUT2D eigenvalue weighted by Gasteiger charge is -2.51. The number of hydroxylamine groups is 2. The standard InChI is InChI=1S/C18H28N2O2/c1-13-6-8-14(9-7-13)12-19-16(21)15-10-17(2,3)20(22)18(4,5)11-15/h6-9,15,22H,10-12H2,1-5H3,(H,19,21). The molecule has 1 fully saturated rings. The summed E-state index contributed by atoms with van der Waals surface area (Å²) in [5, 5.41) is 14.7. The number of hydrogen-bond donors (Lipinski definition) is 2. The Bertz CT molecular complexity index is 517. The third-order valence-corrected chi connectivity index (χ3v) is 4.60. The first kappa shape index (κ1) is 17.0. The van der Waals surface area contributed by atoms with Gasteiger partial charge in [0.15, 0.2) is 0 Å². The normalized spacial score (nSPS) is 21.5. The van der Waals surface area contributed by atoms with Crippen LogP contribution >= 0.6 is 0 Å². The van der Waals surface area contributed by atoms with Gasteiger partial charge in [0.05, 0.1) is 0 Å². The molecule has 4 heteroatoms. The zero-order valence-electron chi connectivity index (χ0n) is 14.3. The van der Waals surface area contributed by atoms with Gasteiger partial charge in [-0.1, -0.05) is 29.8 Å². The molecule has 1 aliphatic rings. The summed E-state index contributed by atoms with van der Waals surface area (Å²) in [6.45, 7) is 10.5. The molecule has 0 bridgehead atoms. The highest BCUT2D eigenvalue weighted by Crippen LogP contribution is 2.39. The van der Waals surface area contributed by atoms with Crippen LogP contribution in [0.5, 0.6) is 0 Å². The molecule has 1 aromatic rings. The van der Waals surface area contributed by atoms with Gasteiger partial charge in [-0.3, -0.25) is 4.79 Å². The molecule has 0 radical (unpaired) electrons. The van der Waals surface area contributed by atoms with Gasteiger partial charge in [-0.15, -0.1) is 0 Å². The van der Waals surface area contributed by atoms with Crippen molar-refractivity contribution in [1.82, 2.24) is 10.4 Å². The van der Waals surface area contributed by atoms with Gasteiger partial charge in [0.25, 0.3) is 0 Å². The third-order valence-electron chi connectivity index (χ3n) is 4.60. The molecule has 0 unspecified atom stereocenters. The van der Waals surface area contributed by atoms with Gasteiger partial charge in [0, 0.05) is 23.5 Å². The molecule has 1 heterocycles. The Morgan fingerprint density at radius 1 is 1.18 bits per heavy atom. The highest BCUT2D eigenvalue weighted by Gasteiger charge is 2.46. The third kappa shape index (κ3) is 3.68. The minimum Gasteiger partial charge on any atom is -0.352 e. The van der Waals surface area contributed by atoms with E-state index in [1.54, 1.807) is 0 Å². The lowest BCUT2D eigenvalue weighted by molar-refractivity contribution is -0.249. The minimum atomic E-state index is -0.395. The molecule has 1 aliphatic heterocycles. The number of rotatable bonds is 3. The van der Waals surface area contributed by atoms with Crippen LogP contribution in [0.25, 0.3) is 0 Å². The van der Waals surface area contributed by atoms with E-state index in [0.717, 1.165) is 5.56 Å². The van der Waals surface area contributed by atoms with Crippen molar-refractivity contribution in [2.75, 3.05) is 0 Å². The molecule has 122 valence electrons.